The summed E-state index contributed by atoms with van der Waals surface area (Å²) in [6.45, 7) is 0. The summed E-state index contributed by atoms with van der Waals surface area (Å²) < 4.78 is 0. The number of nitrogens with two attached hydrogens (primary N) is 1. The van der Waals surface area contributed by atoms with Gasteiger partial charge in [-0.1, -0.05) is 23.2 Å². The molecule has 2 N–H and O–H groups in total. The molecule has 2 aromatic rings. The Bertz CT molecular complexity index is 612. The Kier molecular flexibility index (Phi) is 3.71. The van der Waals surface area contributed by atoms with Gasteiger partial charge in [-0.3, -0.25) is 0 Å². The molecule has 1 aromatic heterocycles. The summed E-state index contributed by atoms with van der Waals surface area (Å²) in [5, 5.41) is 9.89. The van der Waals surface area contributed by atoms with Gasteiger partial charge in [0.15, 0.2) is 0 Å². The van der Waals surface area contributed by atoms with E-state index in [4.69, 9.17) is 34.2 Å². The average Bonchev–Trinajstić information content (AvgIpc) is 2.28. The Morgan fingerprint density at radius 1 is 1.17 bits per heavy atom. The second-order valence-electron chi connectivity index (χ2n) is 3.72. The van der Waals surface area contributed by atoms with Crippen molar-refractivity contribution in [3.05, 3.63) is 46.1 Å². The topological polar surface area (TPSA) is 62.7 Å². The normalized spacial score (nSPS) is 10.1. The van der Waals surface area contributed by atoms with Gasteiger partial charge in [-0.05, 0) is 35.9 Å². The molecule has 0 aliphatic heterocycles. The number of nitriles is 1. The molecule has 0 unspecified atom stereocenters. The van der Waals surface area contributed by atoms with E-state index in [1.54, 1.807) is 24.3 Å². The van der Waals surface area contributed by atoms with Gasteiger partial charge in [0.2, 0.25) is 0 Å². The van der Waals surface area contributed by atoms with E-state index in [1.807, 2.05) is 6.07 Å². The van der Waals surface area contributed by atoms with Gasteiger partial charge in [0.25, 0.3) is 0 Å². The summed E-state index contributed by atoms with van der Waals surface area (Å²) in [6, 6.07) is 10.8. The molecule has 0 saturated heterocycles. The maximum atomic E-state index is 8.81. The zero-order valence-corrected chi connectivity index (χ0v) is 10.8. The van der Waals surface area contributed by atoms with Gasteiger partial charge in [-0.15, -0.1) is 0 Å². The van der Waals surface area contributed by atoms with Gasteiger partial charge >= 0.3 is 0 Å². The van der Waals surface area contributed by atoms with E-state index < -0.39 is 0 Å². The lowest BCUT2D eigenvalue weighted by atomic mass is 10.0. The van der Waals surface area contributed by atoms with Crippen LogP contribution in [-0.4, -0.2) is 4.98 Å². The number of hydrogen-bond donors (Lipinski definition) is 1. The van der Waals surface area contributed by atoms with Gasteiger partial charge in [-0.2, -0.15) is 5.26 Å². The van der Waals surface area contributed by atoms with Gasteiger partial charge in [0, 0.05) is 15.6 Å². The first-order valence-electron chi connectivity index (χ1n) is 5.19. The molecule has 0 radical (unpaired) electrons. The Hall–Kier alpha value is -1.76. The monoisotopic (exact) mass is 277 g/mol. The van der Waals surface area contributed by atoms with Crippen molar-refractivity contribution >= 4 is 29.0 Å². The first-order valence-corrected chi connectivity index (χ1v) is 5.94. The summed E-state index contributed by atoms with van der Waals surface area (Å²) >= 11 is 11.9. The van der Waals surface area contributed by atoms with Crippen LogP contribution in [0.3, 0.4) is 0 Å². The zero-order valence-electron chi connectivity index (χ0n) is 9.32. The average molecular weight is 278 g/mol. The van der Waals surface area contributed by atoms with Crippen LogP contribution < -0.4 is 5.73 Å². The minimum atomic E-state index is 0.185. The van der Waals surface area contributed by atoms with Crippen LogP contribution in [-0.2, 0) is 6.42 Å². The third-order valence-corrected chi connectivity index (χ3v) is 2.85. The molecular weight excluding hydrogens is 269 g/mol. The number of rotatable bonds is 2. The SMILES string of the molecule is N#CCc1nc(N)ccc1-c1cc(Cl)cc(Cl)c1. The predicted octanol–water partition coefficient (Wildman–Crippen LogP) is 3.70. The molecule has 0 atom stereocenters. The maximum Gasteiger partial charge on any atom is 0.123 e. The highest BCUT2D eigenvalue weighted by Crippen LogP contribution is 2.29. The van der Waals surface area contributed by atoms with Gasteiger partial charge in [0.1, 0.15) is 5.82 Å². The molecule has 0 aliphatic carbocycles. The molecular formula is C13H9Cl2N3. The van der Waals surface area contributed by atoms with Crippen molar-refractivity contribution in [2.45, 2.75) is 6.42 Å². The summed E-state index contributed by atoms with van der Waals surface area (Å²) in [7, 11) is 0. The fourth-order valence-corrected chi connectivity index (χ4v) is 2.23. The fraction of sp³-hybridized carbons (Fsp3) is 0.0769. The van der Waals surface area contributed by atoms with Crippen LogP contribution in [0.15, 0.2) is 30.3 Å². The number of nitrogen functional groups attached to an aromatic ring is 1. The van der Waals surface area contributed by atoms with E-state index in [0.29, 0.717) is 21.6 Å². The molecule has 0 spiro atoms. The number of benzene rings is 1. The second-order valence-corrected chi connectivity index (χ2v) is 4.60. The summed E-state index contributed by atoms with van der Waals surface area (Å²) in [6.07, 6.45) is 0.185. The molecule has 18 heavy (non-hydrogen) atoms. The summed E-state index contributed by atoms with van der Waals surface area (Å²) in [5.41, 5.74) is 7.88. The third-order valence-electron chi connectivity index (χ3n) is 2.42. The quantitative estimate of drug-likeness (QED) is 0.910. The molecule has 5 heteroatoms. The number of anilines is 1. The van der Waals surface area contributed by atoms with E-state index in [0.717, 1.165) is 11.1 Å². The lowest BCUT2D eigenvalue weighted by Gasteiger charge is -2.08. The molecule has 0 aliphatic rings. The van der Waals surface area contributed by atoms with E-state index in [1.165, 1.54) is 0 Å². The standard InChI is InChI=1S/C13H9Cl2N3/c14-9-5-8(6-10(15)7-9)11-1-2-13(17)18-12(11)3-4-16/h1-2,5-7H,3H2,(H2,17,18). The van der Waals surface area contributed by atoms with Crippen molar-refractivity contribution in [2.75, 3.05) is 5.73 Å². The van der Waals surface area contributed by atoms with E-state index >= 15 is 0 Å². The van der Waals surface area contributed by atoms with Crippen LogP contribution in [0.4, 0.5) is 5.82 Å². The molecule has 1 aromatic carbocycles. The van der Waals surface area contributed by atoms with Crippen LogP contribution >= 0.6 is 23.2 Å². The van der Waals surface area contributed by atoms with Crippen molar-refractivity contribution in [3.8, 4) is 17.2 Å². The number of hydrogen-bond acceptors (Lipinski definition) is 3. The van der Waals surface area contributed by atoms with Crippen LogP contribution in [0.1, 0.15) is 5.69 Å². The highest BCUT2D eigenvalue weighted by Gasteiger charge is 2.09. The van der Waals surface area contributed by atoms with Crippen LogP contribution in [0.2, 0.25) is 10.0 Å². The van der Waals surface area contributed by atoms with E-state index in [2.05, 4.69) is 11.1 Å². The van der Waals surface area contributed by atoms with Crippen LogP contribution in [0, 0.1) is 11.3 Å². The Labute approximate surface area is 115 Å². The minimum absolute atomic E-state index is 0.185. The second kappa shape index (κ2) is 5.26. The highest BCUT2D eigenvalue weighted by molar-refractivity contribution is 6.35. The van der Waals surface area contributed by atoms with E-state index in [9.17, 15) is 0 Å². The first kappa shape index (κ1) is 12.7. The lowest BCUT2D eigenvalue weighted by Crippen LogP contribution is -1.98. The molecule has 0 bridgehead atoms. The highest BCUT2D eigenvalue weighted by atomic mass is 35.5. The Balaban J connectivity index is 2.59. The van der Waals surface area contributed by atoms with Crippen LogP contribution in [0.5, 0.6) is 0 Å². The Morgan fingerprint density at radius 2 is 1.83 bits per heavy atom. The molecule has 1 heterocycles. The first-order chi connectivity index (χ1) is 8.60. The van der Waals surface area contributed by atoms with Crippen molar-refractivity contribution < 1.29 is 0 Å². The van der Waals surface area contributed by atoms with Gasteiger partial charge < -0.3 is 5.73 Å². The van der Waals surface area contributed by atoms with Crippen molar-refractivity contribution in [2.24, 2.45) is 0 Å². The summed E-state index contributed by atoms with van der Waals surface area (Å²) in [4.78, 5) is 4.17. The van der Waals surface area contributed by atoms with Gasteiger partial charge in [0.05, 0.1) is 18.2 Å². The molecule has 0 saturated carbocycles. The molecule has 0 amide bonds. The third kappa shape index (κ3) is 2.73. The summed E-state index contributed by atoms with van der Waals surface area (Å²) in [5.74, 6) is 0.386. The minimum Gasteiger partial charge on any atom is -0.384 e. The smallest absolute Gasteiger partial charge is 0.123 e. The molecule has 2 rings (SSSR count). The number of halogens is 2. The number of aromatic nitrogens is 1. The number of nitrogens with zero attached hydrogens (tertiary/aromatic N) is 2. The predicted molar refractivity (Wildman–Crippen MR) is 73.4 cm³/mol. The van der Waals surface area contributed by atoms with E-state index in [-0.39, 0.29) is 6.42 Å². The Morgan fingerprint density at radius 3 is 2.44 bits per heavy atom. The lowest BCUT2D eigenvalue weighted by molar-refractivity contribution is 1.13. The maximum absolute atomic E-state index is 8.81. The molecule has 90 valence electrons. The van der Waals surface area contributed by atoms with Crippen molar-refractivity contribution in [3.63, 3.8) is 0 Å². The molecule has 3 nitrogen and oxygen atoms in total. The fourth-order valence-electron chi connectivity index (χ4n) is 1.70. The number of pyridine rings is 1. The largest absolute Gasteiger partial charge is 0.384 e. The van der Waals surface area contributed by atoms with Gasteiger partial charge in [-0.25, -0.2) is 4.98 Å². The zero-order chi connectivity index (χ0) is 13.1. The van der Waals surface area contributed by atoms with Crippen LogP contribution in [0.25, 0.3) is 11.1 Å². The van der Waals surface area contributed by atoms with Crippen molar-refractivity contribution in [1.82, 2.24) is 4.98 Å². The van der Waals surface area contributed by atoms with Crippen molar-refractivity contribution in [1.29, 1.82) is 5.26 Å². The molecule has 0 fully saturated rings.